The normalized spacial score (nSPS) is 18.5. The zero-order valence-electron chi connectivity index (χ0n) is 14.9. The van der Waals surface area contributed by atoms with Gasteiger partial charge in [0, 0.05) is 12.6 Å². The molecule has 1 aliphatic heterocycles. The van der Waals surface area contributed by atoms with Crippen molar-refractivity contribution >= 4 is 44.9 Å². The van der Waals surface area contributed by atoms with E-state index in [1.165, 1.54) is 4.90 Å². The fourth-order valence-electron chi connectivity index (χ4n) is 2.84. The SMILES string of the molecule is CC(C)CN(C(=O)COC(=O)c1cc(F)c(Cl)cc1Cl)C1CCS(=O)(=O)C1. The van der Waals surface area contributed by atoms with Gasteiger partial charge in [-0.2, -0.15) is 0 Å². The second-order valence-electron chi connectivity index (χ2n) is 6.82. The second kappa shape index (κ2) is 8.75. The van der Waals surface area contributed by atoms with E-state index in [0.29, 0.717) is 13.0 Å². The number of hydrogen-bond acceptors (Lipinski definition) is 5. The predicted octanol–water partition coefficient (Wildman–Crippen LogP) is 2.96. The number of nitrogens with zero attached hydrogens (tertiary/aromatic N) is 1. The molecule has 1 amide bonds. The van der Waals surface area contributed by atoms with Crippen molar-refractivity contribution in [1.29, 1.82) is 0 Å². The summed E-state index contributed by atoms with van der Waals surface area (Å²) in [5.74, 6) is -2.28. The predicted molar refractivity (Wildman–Crippen MR) is 100 cm³/mol. The molecule has 1 aromatic rings. The first-order chi connectivity index (χ1) is 12.5. The minimum Gasteiger partial charge on any atom is -0.452 e. The number of halogens is 3. The molecule has 0 bridgehead atoms. The summed E-state index contributed by atoms with van der Waals surface area (Å²) in [5.41, 5.74) is -0.245. The van der Waals surface area contributed by atoms with Gasteiger partial charge in [0.05, 0.1) is 27.1 Å². The van der Waals surface area contributed by atoms with Gasteiger partial charge in [0.25, 0.3) is 5.91 Å². The monoisotopic (exact) mass is 439 g/mol. The van der Waals surface area contributed by atoms with E-state index in [-0.39, 0.29) is 33.0 Å². The van der Waals surface area contributed by atoms with Crippen LogP contribution >= 0.6 is 23.2 Å². The summed E-state index contributed by atoms with van der Waals surface area (Å²) in [6.45, 7) is 3.54. The zero-order valence-corrected chi connectivity index (χ0v) is 17.2. The molecule has 1 aliphatic rings. The maximum Gasteiger partial charge on any atom is 0.340 e. The van der Waals surface area contributed by atoms with E-state index in [4.69, 9.17) is 27.9 Å². The lowest BCUT2D eigenvalue weighted by Crippen LogP contribution is -2.45. The highest BCUT2D eigenvalue weighted by molar-refractivity contribution is 7.91. The minimum atomic E-state index is -3.17. The van der Waals surface area contributed by atoms with Crippen LogP contribution in [0.3, 0.4) is 0 Å². The highest BCUT2D eigenvalue weighted by Crippen LogP contribution is 2.25. The summed E-state index contributed by atoms with van der Waals surface area (Å²) in [5, 5.41) is -0.335. The Hall–Kier alpha value is -1.38. The molecule has 1 unspecified atom stereocenters. The summed E-state index contributed by atoms with van der Waals surface area (Å²) in [4.78, 5) is 26.1. The number of carbonyl (C=O) groups excluding carboxylic acids is 2. The molecule has 1 heterocycles. The lowest BCUT2D eigenvalue weighted by Gasteiger charge is -2.29. The minimum absolute atomic E-state index is 0.0268. The third-order valence-electron chi connectivity index (χ3n) is 4.09. The number of carbonyl (C=O) groups is 2. The summed E-state index contributed by atoms with van der Waals surface area (Å²) < 4.78 is 41.9. The van der Waals surface area contributed by atoms with Gasteiger partial charge in [0.2, 0.25) is 0 Å². The maximum absolute atomic E-state index is 13.5. The fourth-order valence-corrected chi connectivity index (χ4v) is 5.03. The van der Waals surface area contributed by atoms with Crippen molar-refractivity contribution in [2.75, 3.05) is 24.7 Å². The van der Waals surface area contributed by atoms with Crippen LogP contribution in [0.25, 0.3) is 0 Å². The van der Waals surface area contributed by atoms with Crippen molar-refractivity contribution in [2.24, 2.45) is 5.92 Å². The molecule has 0 radical (unpaired) electrons. The van der Waals surface area contributed by atoms with Crippen LogP contribution < -0.4 is 0 Å². The average Bonchev–Trinajstić information content (AvgIpc) is 2.93. The zero-order chi connectivity index (χ0) is 20.4. The van der Waals surface area contributed by atoms with Crippen LogP contribution in [-0.2, 0) is 19.4 Å². The van der Waals surface area contributed by atoms with Gasteiger partial charge in [-0.25, -0.2) is 17.6 Å². The molecule has 1 aromatic carbocycles. The number of esters is 1. The van der Waals surface area contributed by atoms with E-state index >= 15 is 0 Å². The Morgan fingerprint density at radius 2 is 1.96 bits per heavy atom. The van der Waals surface area contributed by atoms with Gasteiger partial charge in [-0.3, -0.25) is 4.79 Å². The molecular weight excluding hydrogens is 420 g/mol. The smallest absolute Gasteiger partial charge is 0.340 e. The van der Waals surface area contributed by atoms with Gasteiger partial charge in [0.1, 0.15) is 5.82 Å². The van der Waals surface area contributed by atoms with Gasteiger partial charge < -0.3 is 9.64 Å². The lowest BCUT2D eigenvalue weighted by atomic mass is 10.1. The quantitative estimate of drug-likeness (QED) is 0.502. The number of sulfone groups is 1. The van der Waals surface area contributed by atoms with Crippen molar-refractivity contribution in [3.05, 3.63) is 33.6 Å². The molecule has 0 aliphatic carbocycles. The van der Waals surface area contributed by atoms with E-state index in [9.17, 15) is 22.4 Å². The Bertz CT molecular complexity index is 844. The van der Waals surface area contributed by atoms with E-state index in [1.807, 2.05) is 13.8 Å². The molecule has 2 rings (SSSR count). The number of hydrogen-bond donors (Lipinski definition) is 0. The van der Waals surface area contributed by atoms with Crippen LogP contribution in [0.5, 0.6) is 0 Å². The van der Waals surface area contributed by atoms with Crippen LogP contribution in [0, 0.1) is 11.7 Å². The van der Waals surface area contributed by atoms with E-state index in [0.717, 1.165) is 12.1 Å². The van der Waals surface area contributed by atoms with Crippen LogP contribution in [0.2, 0.25) is 10.0 Å². The first kappa shape index (κ1) is 21.9. The van der Waals surface area contributed by atoms with Crippen LogP contribution in [0.1, 0.15) is 30.6 Å². The van der Waals surface area contributed by atoms with Gasteiger partial charge in [0.15, 0.2) is 16.4 Å². The van der Waals surface area contributed by atoms with Crippen molar-refractivity contribution in [2.45, 2.75) is 26.3 Å². The van der Waals surface area contributed by atoms with Crippen molar-refractivity contribution in [1.82, 2.24) is 4.90 Å². The van der Waals surface area contributed by atoms with Gasteiger partial charge in [-0.1, -0.05) is 37.0 Å². The highest BCUT2D eigenvalue weighted by atomic mass is 35.5. The van der Waals surface area contributed by atoms with Crippen molar-refractivity contribution < 1.29 is 27.1 Å². The Morgan fingerprint density at radius 1 is 1.30 bits per heavy atom. The molecule has 150 valence electrons. The van der Waals surface area contributed by atoms with E-state index in [2.05, 4.69) is 0 Å². The van der Waals surface area contributed by atoms with Crippen LogP contribution in [0.4, 0.5) is 4.39 Å². The van der Waals surface area contributed by atoms with Gasteiger partial charge >= 0.3 is 5.97 Å². The second-order valence-corrected chi connectivity index (χ2v) is 9.86. The summed E-state index contributed by atoms with van der Waals surface area (Å²) >= 11 is 11.4. The maximum atomic E-state index is 13.5. The first-order valence-electron chi connectivity index (χ1n) is 8.31. The largest absolute Gasteiger partial charge is 0.452 e. The summed E-state index contributed by atoms with van der Waals surface area (Å²) in [6, 6.07) is 1.47. The average molecular weight is 440 g/mol. The Kier molecular flexibility index (Phi) is 7.10. The lowest BCUT2D eigenvalue weighted by molar-refractivity contribution is -0.137. The molecule has 1 saturated heterocycles. The van der Waals surface area contributed by atoms with Gasteiger partial charge in [-0.05, 0) is 24.5 Å². The molecule has 0 aromatic heterocycles. The molecule has 1 atom stereocenters. The number of rotatable bonds is 6. The van der Waals surface area contributed by atoms with E-state index < -0.39 is 40.2 Å². The summed E-state index contributed by atoms with van der Waals surface area (Å²) in [6.07, 6.45) is 0.350. The highest BCUT2D eigenvalue weighted by Gasteiger charge is 2.35. The molecular formula is C17H20Cl2FNO5S. The number of benzene rings is 1. The Labute approximate surface area is 167 Å². The molecule has 6 nitrogen and oxygen atoms in total. The third kappa shape index (κ3) is 5.80. The topological polar surface area (TPSA) is 80.8 Å². The number of ether oxygens (including phenoxy) is 1. The third-order valence-corrected chi connectivity index (χ3v) is 6.44. The summed E-state index contributed by atoms with van der Waals surface area (Å²) in [7, 11) is -3.17. The van der Waals surface area contributed by atoms with Gasteiger partial charge in [-0.15, -0.1) is 0 Å². The van der Waals surface area contributed by atoms with Crippen LogP contribution in [-0.4, -0.2) is 55.9 Å². The number of amides is 1. The first-order valence-corrected chi connectivity index (χ1v) is 10.9. The van der Waals surface area contributed by atoms with Crippen molar-refractivity contribution in [3.8, 4) is 0 Å². The van der Waals surface area contributed by atoms with Crippen LogP contribution in [0.15, 0.2) is 12.1 Å². The van der Waals surface area contributed by atoms with Crippen molar-refractivity contribution in [3.63, 3.8) is 0 Å². The molecule has 0 spiro atoms. The fraction of sp³-hybridized carbons (Fsp3) is 0.529. The molecule has 0 saturated carbocycles. The Balaban J connectivity index is 2.07. The molecule has 10 heteroatoms. The van der Waals surface area contributed by atoms with E-state index in [1.54, 1.807) is 0 Å². The molecule has 27 heavy (non-hydrogen) atoms. The molecule has 1 fully saturated rings. The standard InChI is InChI=1S/C17H20Cl2FNO5S/c1-10(2)7-21(11-3-4-27(24,25)9-11)16(22)8-26-17(23)12-5-15(20)14(19)6-13(12)18/h5-6,10-11H,3-4,7-9H2,1-2H3. The molecule has 0 N–H and O–H groups in total. The Morgan fingerprint density at radius 3 is 2.52 bits per heavy atom.